The van der Waals surface area contributed by atoms with Gasteiger partial charge in [-0.15, -0.1) is 0 Å². The molecule has 0 unspecified atom stereocenters. The van der Waals surface area contributed by atoms with Gasteiger partial charge in [-0.1, -0.05) is 12.1 Å². The number of amides is 1. The molecule has 0 aliphatic heterocycles. The van der Waals surface area contributed by atoms with Crippen molar-refractivity contribution in [3.8, 4) is 0 Å². The summed E-state index contributed by atoms with van der Waals surface area (Å²) in [5.74, 6) is 10.6. The summed E-state index contributed by atoms with van der Waals surface area (Å²) in [5.41, 5.74) is 5.17. The minimum absolute atomic E-state index is 0.120. The van der Waals surface area contributed by atoms with Crippen molar-refractivity contribution in [2.24, 2.45) is 16.8 Å². The molecule has 0 saturated carbocycles. The van der Waals surface area contributed by atoms with E-state index < -0.39 is 0 Å². The highest BCUT2D eigenvalue weighted by Gasteiger charge is 2.18. The second-order valence-corrected chi connectivity index (χ2v) is 4.37. The first kappa shape index (κ1) is 13.1. The number of fused-ring (bicyclic) bond motifs is 1. The van der Waals surface area contributed by atoms with Crippen molar-refractivity contribution in [1.29, 1.82) is 0 Å². The number of rotatable bonds is 3. The lowest BCUT2D eigenvalue weighted by Crippen LogP contribution is -2.31. The van der Waals surface area contributed by atoms with Crippen molar-refractivity contribution in [2.75, 3.05) is 0 Å². The van der Waals surface area contributed by atoms with Crippen molar-refractivity contribution in [3.05, 3.63) is 35.1 Å². The molecular weight excluding hydrogens is 244 g/mol. The molecule has 1 heterocycles. The van der Waals surface area contributed by atoms with E-state index in [9.17, 15) is 4.79 Å². The Morgan fingerprint density at radius 1 is 1.47 bits per heavy atom. The van der Waals surface area contributed by atoms with E-state index in [1.165, 1.54) is 0 Å². The Bertz CT molecular complexity index is 658. The van der Waals surface area contributed by atoms with Gasteiger partial charge in [0, 0.05) is 10.9 Å². The Balaban J connectivity index is 2.64. The molecule has 19 heavy (non-hydrogen) atoms. The maximum Gasteiger partial charge on any atom is 0.238 e. The average molecular weight is 260 g/mol. The molecule has 0 spiro atoms. The van der Waals surface area contributed by atoms with E-state index in [0.29, 0.717) is 17.1 Å². The predicted octanol–water partition coefficient (Wildman–Crippen LogP) is 0.956. The molecule has 1 aromatic heterocycles. The van der Waals surface area contributed by atoms with Crippen molar-refractivity contribution >= 4 is 22.6 Å². The minimum Gasteiger partial charge on any atom is -0.454 e. The third-order valence-corrected chi connectivity index (χ3v) is 2.97. The van der Waals surface area contributed by atoms with E-state index in [4.69, 9.17) is 16.1 Å². The van der Waals surface area contributed by atoms with Crippen LogP contribution in [0.3, 0.4) is 0 Å². The number of hydrogen-bond donors (Lipinski definition) is 3. The lowest BCUT2D eigenvalue weighted by molar-refractivity contribution is -0.120. The van der Waals surface area contributed by atoms with Gasteiger partial charge in [-0.25, -0.2) is 5.84 Å². The first-order valence-electron chi connectivity index (χ1n) is 5.83. The molecule has 0 saturated heterocycles. The molecule has 0 aliphatic rings. The number of hydrazone groups is 1. The molecule has 100 valence electrons. The normalized spacial score (nSPS) is 11.8. The molecule has 0 fully saturated rings. The summed E-state index contributed by atoms with van der Waals surface area (Å²) >= 11 is 0. The van der Waals surface area contributed by atoms with Gasteiger partial charge in [0.1, 0.15) is 5.58 Å². The van der Waals surface area contributed by atoms with Crippen LogP contribution in [0.1, 0.15) is 23.8 Å². The van der Waals surface area contributed by atoms with E-state index in [2.05, 4.69) is 10.5 Å². The van der Waals surface area contributed by atoms with Crippen LogP contribution in [0.15, 0.2) is 27.7 Å². The standard InChI is InChI=1S/C13H16N4O2/c1-7-3-4-9-10(6-12(18)17-15)13(8(2)16-14)19-11(9)5-7/h3-5H,6,14-15H2,1-2H3,(H,17,18). The molecule has 0 atom stereocenters. The third kappa shape index (κ3) is 2.43. The molecule has 2 aromatic rings. The zero-order chi connectivity index (χ0) is 14.0. The zero-order valence-electron chi connectivity index (χ0n) is 10.9. The molecule has 6 nitrogen and oxygen atoms in total. The Morgan fingerprint density at radius 2 is 2.21 bits per heavy atom. The van der Waals surface area contributed by atoms with E-state index in [1.54, 1.807) is 6.92 Å². The van der Waals surface area contributed by atoms with Gasteiger partial charge in [0.25, 0.3) is 0 Å². The van der Waals surface area contributed by atoms with Crippen LogP contribution in [-0.4, -0.2) is 11.6 Å². The van der Waals surface area contributed by atoms with Gasteiger partial charge in [-0.2, -0.15) is 5.10 Å². The van der Waals surface area contributed by atoms with Gasteiger partial charge in [0.2, 0.25) is 5.91 Å². The molecule has 1 aromatic carbocycles. The highest BCUT2D eigenvalue weighted by Crippen LogP contribution is 2.27. The summed E-state index contributed by atoms with van der Waals surface area (Å²) in [7, 11) is 0. The molecular formula is C13H16N4O2. The van der Waals surface area contributed by atoms with Gasteiger partial charge in [-0.05, 0) is 25.5 Å². The summed E-state index contributed by atoms with van der Waals surface area (Å²) in [6.07, 6.45) is 0.120. The smallest absolute Gasteiger partial charge is 0.238 e. The van der Waals surface area contributed by atoms with Gasteiger partial charge >= 0.3 is 0 Å². The molecule has 5 N–H and O–H groups in total. The number of aryl methyl sites for hydroxylation is 1. The number of carbonyl (C=O) groups excluding carboxylic acids is 1. The number of nitrogens with two attached hydrogens (primary N) is 2. The second kappa shape index (κ2) is 5.11. The molecule has 2 rings (SSSR count). The molecule has 6 heteroatoms. The maximum absolute atomic E-state index is 11.5. The first-order valence-corrected chi connectivity index (χ1v) is 5.83. The van der Waals surface area contributed by atoms with Gasteiger partial charge in [0.05, 0.1) is 12.1 Å². The fourth-order valence-corrected chi connectivity index (χ4v) is 2.00. The van der Waals surface area contributed by atoms with E-state index in [1.807, 2.05) is 25.1 Å². The number of nitrogens with one attached hydrogen (secondary N) is 1. The van der Waals surface area contributed by atoms with Crippen molar-refractivity contribution in [1.82, 2.24) is 5.43 Å². The van der Waals surface area contributed by atoms with Gasteiger partial charge < -0.3 is 10.3 Å². The fraction of sp³-hybridized carbons (Fsp3) is 0.231. The second-order valence-electron chi connectivity index (χ2n) is 4.37. The van der Waals surface area contributed by atoms with Crippen LogP contribution in [0.4, 0.5) is 0 Å². The first-order chi connectivity index (χ1) is 9.06. The van der Waals surface area contributed by atoms with Crippen LogP contribution >= 0.6 is 0 Å². The number of hydrazine groups is 1. The van der Waals surface area contributed by atoms with Crippen molar-refractivity contribution < 1.29 is 9.21 Å². The van der Waals surface area contributed by atoms with Crippen LogP contribution in [0.5, 0.6) is 0 Å². The predicted molar refractivity (Wildman–Crippen MR) is 73.4 cm³/mol. The number of furan rings is 1. The van der Waals surface area contributed by atoms with Crippen LogP contribution in [0.2, 0.25) is 0 Å². The Hall–Kier alpha value is -2.34. The highest BCUT2D eigenvalue weighted by atomic mass is 16.3. The third-order valence-electron chi connectivity index (χ3n) is 2.97. The van der Waals surface area contributed by atoms with Crippen molar-refractivity contribution in [3.63, 3.8) is 0 Å². The topological polar surface area (TPSA) is 107 Å². The largest absolute Gasteiger partial charge is 0.454 e. The van der Waals surface area contributed by atoms with E-state index in [0.717, 1.165) is 16.5 Å². The van der Waals surface area contributed by atoms with Crippen LogP contribution in [0.25, 0.3) is 11.0 Å². The Morgan fingerprint density at radius 3 is 2.84 bits per heavy atom. The average Bonchev–Trinajstić information content (AvgIpc) is 2.75. The van der Waals surface area contributed by atoms with E-state index >= 15 is 0 Å². The van der Waals surface area contributed by atoms with Gasteiger partial charge in [0.15, 0.2) is 5.76 Å². The van der Waals surface area contributed by atoms with Crippen molar-refractivity contribution in [2.45, 2.75) is 20.3 Å². The maximum atomic E-state index is 11.5. The molecule has 0 radical (unpaired) electrons. The van der Waals surface area contributed by atoms with Crippen LogP contribution < -0.4 is 17.1 Å². The summed E-state index contributed by atoms with van der Waals surface area (Å²) in [6.45, 7) is 3.70. The van der Waals surface area contributed by atoms with E-state index in [-0.39, 0.29) is 12.3 Å². The summed E-state index contributed by atoms with van der Waals surface area (Å²) in [6, 6.07) is 5.79. The Labute approximate surface area is 110 Å². The molecule has 0 aliphatic carbocycles. The number of hydrogen-bond acceptors (Lipinski definition) is 5. The summed E-state index contributed by atoms with van der Waals surface area (Å²) in [4.78, 5) is 11.5. The van der Waals surface area contributed by atoms with Crippen LogP contribution in [0, 0.1) is 6.92 Å². The number of carbonyl (C=O) groups is 1. The van der Waals surface area contributed by atoms with Gasteiger partial charge in [-0.3, -0.25) is 10.2 Å². The number of nitrogens with zero attached hydrogens (tertiary/aromatic N) is 1. The Kier molecular flexibility index (Phi) is 3.52. The SMILES string of the molecule is CC(=NN)c1oc2cc(C)ccc2c1CC(=O)NN. The minimum atomic E-state index is -0.297. The fourth-order valence-electron chi connectivity index (χ4n) is 2.00. The number of benzene rings is 1. The lowest BCUT2D eigenvalue weighted by Gasteiger charge is -2.01. The monoisotopic (exact) mass is 260 g/mol. The molecule has 0 bridgehead atoms. The summed E-state index contributed by atoms with van der Waals surface area (Å²) < 4.78 is 5.75. The highest BCUT2D eigenvalue weighted by molar-refractivity contribution is 6.03. The summed E-state index contributed by atoms with van der Waals surface area (Å²) in [5, 5.41) is 4.50. The quantitative estimate of drug-likeness (QED) is 0.330. The lowest BCUT2D eigenvalue weighted by atomic mass is 10.0. The zero-order valence-corrected chi connectivity index (χ0v) is 10.9. The van der Waals surface area contributed by atoms with Crippen LogP contribution in [-0.2, 0) is 11.2 Å². The molecule has 1 amide bonds.